The van der Waals surface area contributed by atoms with Crippen LogP contribution in [0.15, 0.2) is 26.9 Å². The van der Waals surface area contributed by atoms with Crippen LogP contribution in [0, 0.1) is 17.7 Å². The van der Waals surface area contributed by atoms with Gasteiger partial charge in [0.15, 0.2) is 23.0 Å². The number of aliphatic hydroxyl groups is 1. The molecule has 22 heteroatoms. The Bertz CT molecular complexity index is 1390. The van der Waals surface area contributed by atoms with Gasteiger partial charge in [-0.2, -0.15) is 13.0 Å². The van der Waals surface area contributed by atoms with Gasteiger partial charge >= 0.3 is 94.3 Å². The number of thiophene rings is 4. The summed E-state index contributed by atoms with van der Waals surface area (Å²) >= 11 is 5.99. The summed E-state index contributed by atoms with van der Waals surface area (Å²) in [6.07, 6.45) is 4.19. The van der Waals surface area contributed by atoms with E-state index in [9.17, 15) is 10.2 Å². The average Bonchev–Trinajstić information content (AvgIpc) is 3.91. The summed E-state index contributed by atoms with van der Waals surface area (Å²) in [6, 6.07) is 0. The van der Waals surface area contributed by atoms with Crippen LogP contribution >= 0.6 is 45.3 Å². The molecule has 2 saturated heterocycles. The van der Waals surface area contributed by atoms with E-state index in [1.807, 2.05) is 26.9 Å². The molecule has 0 bridgehead atoms. The molecule has 0 radical (unpaired) electrons. The zero-order valence-electron chi connectivity index (χ0n) is 36.0. The number of ether oxygens (including phenoxy) is 10. The predicted octanol–water partition coefficient (Wildman–Crippen LogP) is -9.88. The van der Waals surface area contributed by atoms with Gasteiger partial charge in [-0.3, -0.25) is 22.7 Å². The molecule has 2 unspecified atom stereocenters. The number of hydrogen-bond acceptors (Lipinski definition) is 17. The molecule has 0 aromatic carbocycles. The Labute approximate surface area is 430 Å². The second-order valence-electron chi connectivity index (χ2n) is 11.6. The minimum Gasteiger partial charge on any atom is -0.855 e. The standard InChI is InChI=1S/C9H10O4S.C6H6O2S.2C6H5O2S.C4H8O.C4H9.C3H6O2.5Li/c10-4-6(11)3-8-9-7(5-14-8)12-1-2-13-9;3*1-2-8-6-4-9-3-5(6)7-1;1-2-4-5-3-1;1-3-4-2;4-1-3-2-5-3;;;;;/h5-6H,1-4H2;3-4H,1-2H2;2*3H,1-2H2;1-4H2;1,3-4H2,2H3;3-4H,1-2H2;;;;;/q-2;;2*-1;;-1;;5*+1. The molecule has 0 saturated carbocycles. The molecule has 10 heterocycles. The zero-order chi connectivity index (χ0) is 38.9. The van der Waals surface area contributed by atoms with E-state index in [4.69, 9.17) is 47.7 Å². The zero-order valence-corrected chi connectivity index (χ0v) is 39.2. The normalized spacial score (nSPS) is 16.2. The van der Waals surface area contributed by atoms with Crippen molar-refractivity contribution in [2.75, 3.05) is 85.9 Å². The van der Waals surface area contributed by atoms with E-state index in [2.05, 4.69) is 29.3 Å². The Morgan fingerprint density at radius 1 is 0.683 bits per heavy atom. The second-order valence-corrected chi connectivity index (χ2v) is 14.7. The molecule has 0 spiro atoms. The van der Waals surface area contributed by atoms with Gasteiger partial charge in [0.1, 0.15) is 59.0 Å². The van der Waals surface area contributed by atoms with Crippen molar-refractivity contribution < 1.29 is 157 Å². The van der Waals surface area contributed by atoms with E-state index < -0.39 is 12.7 Å². The molecule has 2 fully saturated rings. The first-order chi connectivity index (χ1) is 27.1. The third kappa shape index (κ3) is 24.3. The minimum absolute atomic E-state index is 0. The molecule has 308 valence electrons. The number of unbranched alkanes of at least 4 members (excludes halogenated alkanes) is 1. The van der Waals surface area contributed by atoms with Gasteiger partial charge in [0, 0.05) is 57.2 Å². The van der Waals surface area contributed by atoms with Crippen LogP contribution in [0.1, 0.15) is 37.5 Å². The fraction of sp³-hybridized carbons (Fsp3) is 0.553. The number of rotatable bonds is 5. The summed E-state index contributed by atoms with van der Waals surface area (Å²) in [4.78, 5) is 0.829. The van der Waals surface area contributed by atoms with Crippen LogP contribution in [0.2, 0.25) is 0 Å². The van der Waals surface area contributed by atoms with Gasteiger partial charge < -0.3 is 69.6 Å². The molecule has 10 rings (SSSR count). The largest absolute Gasteiger partial charge is 1.00 e. The number of hydrogen-bond donors (Lipinski definition) is 1. The molecule has 4 aromatic rings. The molecule has 6 aliphatic heterocycles. The average molecular weight is 877 g/mol. The molecule has 13 nitrogen and oxygen atoms in total. The van der Waals surface area contributed by atoms with Gasteiger partial charge in [0.2, 0.25) is 0 Å². The molecular formula is C38H49Li5O13S4. The summed E-state index contributed by atoms with van der Waals surface area (Å²) in [5.41, 5.74) is 0. The predicted molar refractivity (Wildman–Crippen MR) is 208 cm³/mol. The van der Waals surface area contributed by atoms with E-state index in [0.717, 1.165) is 65.6 Å². The molecule has 60 heavy (non-hydrogen) atoms. The van der Waals surface area contributed by atoms with E-state index in [0.29, 0.717) is 64.4 Å². The maximum Gasteiger partial charge on any atom is 1.00 e. The van der Waals surface area contributed by atoms with Gasteiger partial charge in [0.05, 0.1) is 13.2 Å². The first-order valence-corrected chi connectivity index (χ1v) is 21.6. The monoisotopic (exact) mass is 876 g/mol. The Balaban J connectivity index is 0. The van der Waals surface area contributed by atoms with Gasteiger partial charge in [-0.1, -0.05) is 24.1 Å². The maximum absolute atomic E-state index is 11.0. The van der Waals surface area contributed by atoms with Crippen LogP contribution < -0.4 is 142 Å². The molecule has 1 N–H and O–H groups in total. The van der Waals surface area contributed by atoms with Gasteiger partial charge in [-0.05, 0) is 19.3 Å². The smallest absolute Gasteiger partial charge is 0.855 e. The summed E-state index contributed by atoms with van der Waals surface area (Å²) in [6.45, 7) is 13.1. The number of epoxide rings is 1. The van der Waals surface area contributed by atoms with Crippen molar-refractivity contribution in [1.82, 2.24) is 0 Å². The summed E-state index contributed by atoms with van der Waals surface area (Å²) in [5.74, 6) is 6.37. The third-order valence-corrected chi connectivity index (χ3v) is 10.1. The Morgan fingerprint density at radius 3 is 1.52 bits per heavy atom. The topological polar surface area (TPSA) is 162 Å². The molecule has 4 aromatic heterocycles. The van der Waals surface area contributed by atoms with E-state index in [1.54, 1.807) is 11.3 Å². The minimum atomic E-state index is -1.08. The van der Waals surface area contributed by atoms with Gasteiger partial charge in [-0.25, -0.2) is 0 Å². The Hall–Kier alpha value is -0.0130. The van der Waals surface area contributed by atoms with Crippen molar-refractivity contribution in [2.24, 2.45) is 0 Å². The van der Waals surface area contributed by atoms with Crippen molar-refractivity contribution in [2.45, 2.75) is 51.2 Å². The van der Waals surface area contributed by atoms with Gasteiger partial charge in [0.25, 0.3) is 0 Å². The van der Waals surface area contributed by atoms with Crippen LogP contribution in [0.3, 0.4) is 0 Å². The Morgan fingerprint density at radius 2 is 1.13 bits per heavy atom. The van der Waals surface area contributed by atoms with Crippen LogP contribution in [0.5, 0.6) is 46.0 Å². The molecule has 2 atom stereocenters. The van der Waals surface area contributed by atoms with Crippen molar-refractivity contribution in [3.05, 3.63) is 49.5 Å². The van der Waals surface area contributed by atoms with E-state index >= 15 is 0 Å². The molecule has 0 amide bonds. The first kappa shape index (κ1) is 62.1. The van der Waals surface area contributed by atoms with Crippen LogP contribution in [0.4, 0.5) is 0 Å². The van der Waals surface area contributed by atoms with Crippen LogP contribution in [0.25, 0.3) is 0 Å². The SMILES string of the molecule is C1CCOC1.OCC1CO1.[CH2-]CCC.[Li+].[Li+].[Li+].[Li+].[Li+].[O-]CC([O-])Cc1scc2c1OCCO2.[c-]1scc2c1OCCO2.[c-]1scc2c1OCCO2.c1scc2c1OCCO2. The first-order valence-electron chi connectivity index (χ1n) is 18.1. The number of aliphatic hydroxyl groups excluding tert-OH is 1. The summed E-state index contributed by atoms with van der Waals surface area (Å²) in [7, 11) is 0. The maximum atomic E-state index is 11.0. The Kier molecular flexibility index (Phi) is 39.6. The quantitative estimate of drug-likeness (QED) is 0.115. The van der Waals surface area contributed by atoms with Crippen molar-refractivity contribution in [3.8, 4) is 46.0 Å². The van der Waals surface area contributed by atoms with Crippen LogP contribution in [-0.2, 0) is 15.9 Å². The summed E-state index contributed by atoms with van der Waals surface area (Å²) < 4.78 is 51.6. The van der Waals surface area contributed by atoms with Crippen molar-refractivity contribution in [3.63, 3.8) is 0 Å². The fourth-order valence-electron chi connectivity index (χ4n) is 4.26. The third-order valence-electron chi connectivity index (χ3n) is 7.21. The van der Waals surface area contributed by atoms with Gasteiger partial charge in [-0.15, -0.1) is 39.5 Å². The van der Waals surface area contributed by atoms with Crippen molar-refractivity contribution in [1.29, 1.82) is 0 Å². The molecule has 0 aliphatic carbocycles. The number of fused-ring (bicyclic) bond motifs is 4. The van der Waals surface area contributed by atoms with Crippen molar-refractivity contribution >= 4 is 45.3 Å². The fourth-order valence-corrected chi connectivity index (χ4v) is 7.14. The molecule has 6 aliphatic rings. The molecular weight excluding hydrogens is 827 g/mol. The second kappa shape index (κ2) is 38.3. The van der Waals surface area contributed by atoms with Crippen LogP contribution in [-0.4, -0.2) is 103 Å². The summed E-state index contributed by atoms with van der Waals surface area (Å²) in [5, 5.41) is 44.9. The van der Waals surface area contributed by atoms with E-state index in [-0.39, 0.29) is 113 Å². The van der Waals surface area contributed by atoms with E-state index in [1.165, 1.54) is 53.3 Å².